The molecule has 0 saturated carbocycles. The van der Waals surface area contributed by atoms with Crippen molar-refractivity contribution in [2.75, 3.05) is 25.0 Å². The number of phenolic OH excluding ortho intramolecular Hbond substituents is 2. The van der Waals surface area contributed by atoms with Gasteiger partial charge in [-0.25, -0.2) is 0 Å². The van der Waals surface area contributed by atoms with Crippen LogP contribution in [0.5, 0.6) is 17.2 Å². The van der Waals surface area contributed by atoms with Crippen LogP contribution in [0.15, 0.2) is 115 Å². The number of amides is 5. The topological polar surface area (TPSA) is 174 Å². The number of nitrogens with one attached hydrogen (secondary N) is 3. The van der Waals surface area contributed by atoms with Gasteiger partial charge in [-0.1, -0.05) is 73.7 Å². The van der Waals surface area contributed by atoms with Crippen LogP contribution >= 0.6 is 0 Å². The molecule has 0 radical (unpaired) electrons. The summed E-state index contributed by atoms with van der Waals surface area (Å²) in [6, 6.07) is 34.0. The van der Waals surface area contributed by atoms with Crippen molar-refractivity contribution in [2.45, 2.75) is 51.5 Å². The third-order valence-electron chi connectivity index (χ3n) is 10.7. The average molecular weight is 807 g/mol. The van der Waals surface area contributed by atoms with Crippen LogP contribution in [0.4, 0.5) is 5.69 Å². The number of anilines is 1. The number of piperidine rings is 1. The zero-order chi connectivity index (χ0) is 42.2. The van der Waals surface area contributed by atoms with Gasteiger partial charge in [0.15, 0.2) is 0 Å². The molecule has 5 aromatic rings. The number of allylic oxidation sites excluding steroid dienone is 1. The molecular formula is C48H46N4O8. The van der Waals surface area contributed by atoms with Gasteiger partial charge in [0.1, 0.15) is 29.9 Å². The van der Waals surface area contributed by atoms with Crippen molar-refractivity contribution in [1.82, 2.24) is 15.5 Å². The average Bonchev–Trinajstić information content (AvgIpc) is 3.51. The molecule has 0 aliphatic carbocycles. The number of hydrogen-bond donors (Lipinski definition) is 5. The predicted octanol–water partition coefficient (Wildman–Crippen LogP) is 6.65. The molecule has 12 nitrogen and oxygen atoms in total. The first-order chi connectivity index (χ1) is 29.1. The Morgan fingerprint density at radius 3 is 2.00 bits per heavy atom. The fourth-order valence-corrected chi connectivity index (χ4v) is 7.63. The van der Waals surface area contributed by atoms with Gasteiger partial charge in [0, 0.05) is 25.1 Å². The van der Waals surface area contributed by atoms with E-state index in [-0.39, 0.29) is 41.4 Å². The molecule has 5 amide bonds. The monoisotopic (exact) mass is 806 g/mol. The predicted molar refractivity (Wildman–Crippen MR) is 227 cm³/mol. The fourth-order valence-electron chi connectivity index (χ4n) is 7.63. The smallest absolute Gasteiger partial charge is 0.264 e. The molecule has 12 heteroatoms. The first kappa shape index (κ1) is 41.0. The van der Waals surface area contributed by atoms with E-state index in [0.29, 0.717) is 50.4 Å². The number of carbonyl (C=O) groups is 5. The van der Waals surface area contributed by atoms with Crippen molar-refractivity contribution in [3.05, 3.63) is 154 Å². The highest BCUT2D eigenvalue weighted by Crippen LogP contribution is 2.36. The Morgan fingerprint density at radius 2 is 1.37 bits per heavy atom. The van der Waals surface area contributed by atoms with Crippen LogP contribution in [0.1, 0.15) is 81.1 Å². The number of ether oxygens (including phenoxy) is 1. The summed E-state index contributed by atoms with van der Waals surface area (Å²) in [5.41, 5.74) is 8.07. The van der Waals surface area contributed by atoms with E-state index in [2.05, 4.69) is 22.9 Å². The van der Waals surface area contributed by atoms with Crippen molar-refractivity contribution in [2.24, 2.45) is 0 Å². The van der Waals surface area contributed by atoms with E-state index in [0.717, 1.165) is 50.3 Å². The minimum Gasteiger partial charge on any atom is -0.508 e. The van der Waals surface area contributed by atoms with Crippen LogP contribution < -0.4 is 20.7 Å². The van der Waals surface area contributed by atoms with Crippen molar-refractivity contribution < 1.29 is 38.9 Å². The number of phenols is 2. The van der Waals surface area contributed by atoms with E-state index in [9.17, 15) is 34.2 Å². The number of carbonyl (C=O) groups excluding carboxylic acids is 5. The molecule has 2 aliphatic rings. The highest BCUT2D eigenvalue weighted by atomic mass is 16.5. The number of benzene rings is 5. The zero-order valence-electron chi connectivity index (χ0n) is 33.2. The Morgan fingerprint density at radius 1 is 0.750 bits per heavy atom. The van der Waals surface area contributed by atoms with Gasteiger partial charge in [-0.3, -0.25) is 34.2 Å². The number of imide groups is 2. The third-order valence-corrected chi connectivity index (χ3v) is 10.7. The molecule has 5 aromatic carbocycles. The Hall–Kier alpha value is -7.21. The second-order valence-electron chi connectivity index (χ2n) is 14.7. The molecule has 5 N–H and O–H groups in total. The van der Waals surface area contributed by atoms with Gasteiger partial charge < -0.3 is 25.6 Å². The molecule has 0 spiro atoms. The highest BCUT2D eigenvalue weighted by Gasteiger charge is 2.45. The van der Waals surface area contributed by atoms with Gasteiger partial charge in [-0.05, 0) is 113 Å². The summed E-state index contributed by atoms with van der Waals surface area (Å²) in [7, 11) is 0. The van der Waals surface area contributed by atoms with Crippen LogP contribution in [0.3, 0.4) is 0 Å². The van der Waals surface area contributed by atoms with Gasteiger partial charge in [0.2, 0.25) is 17.7 Å². The summed E-state index contributed by atoms with van der Waals surface area (Å²) in [4.78, 5) is 64.1. The molecule has 2 heterocycles. The lowest BCUT2D eigenvalue weighted by molar-refractivity contribution is -0.136. The summed E-state index contributed by atoms with van der Waals surface area (Å²) >= 11 is 0. The number of rotatable bonds is 16. The van der Waals surface area contributed by atoms with E-state index in [4.69, 9.17) is 4.74 Å². The van der Waals surface area contributed by atoms with Gasteiger partial charge in [-0.2, -0.15) is 0 Å². The van der Waals surface area contributed by atoms with Crippen LogP contribution in [0.2, 0.25) is 0 Å². The quantitative estimate of drug-likeness (QED) is 0.0416. The van der Waals surface area contributed by atoms with E-state index in [1.807, 2.05) is 72.8 Å². The molecule has 7 rings (SSSR count). The lowest BCUT2D eigenvalue weighted by Gasteiger charge is -2.27. The number of nitrogens with zero attached hydrogens (tertiary/aromatic N) is 1. The number of aromatic hydroxyl groups is 2. The molecule has 0 bridgehead atoms. The van der Waals surface area contributed by atoms with Gasteiger partial charge >= 0.3 is 0 Å². The molecular weight excluding hydrogens is 761 g/mol. The molecule has 1 fully saturated rings. The Labute approximate surface area is 347 Å². The Kier molecular flexibility index (Phi) is 12.7. The lowest BCUT2D eigenvalue weighted by Crippen LogP contribution is -2.54. The Balaban J connectivity index is 0.856. The molecule has 1 atom stereocenters. The van der Waals surface area contributed by atoms with E-state index in [1.165, 1.54) is 0 Å². The van der Waals surface area contributed by atoms with Crippen molar-refractivity contribution in [1.29, 1.82) is 0 Å². The van der Waals surface area contributed by atoms with Crippen LogP contribution in [-0.2, 0) is 27.2 Å². The summed E-state index contributed by atoms with van der Waals surface area (Å²) in [5, 5.41) is 28.2. The minimum absolute atomic E-state index is 0.0597. The first-order valence-corrected chi connectivity index (χ1v) is 20.1. The molecule has 1 unspecified atom stereocenters. The maximum atomic E-state index is 13.4. The Bertz CT molecular complexity index is 2430. The molecule has 2 aliphatic heterocycles. The summed E-state index contributed by atoms with van der Waals surface area (Å²) in [5.74, 6) is -1.18. The summed E-state index contributed by atoms with van der Waals surface area (Å²) < 4.78 is 5.95. The van der Waals surface area contributed by atoms with Gasteiger partial charge in [-0.15, -0.1) is 0 Å². The number of hydrogen-bond acceptors (Lipinski definition) is 9. The maximum Gasteiger partial charge on any atom is 0.264 e. The second-order valence-corrected chi connectivity index (χ2v) is 14.7. The molecule has 1 saturated heterocycles. The minimum atomic E-state index is -1.02. The van der Waals surface area contributed by atoms with Crippen LogP contribution in [0, 0.1) is 0 Å². The fraction of sp³-hybridized carbons (Fsp3) is 0.229. The van der Waals surface area contributed by atoms with Gasteiger partial charge in [0.05, 0.1) is 17.7 Å². The number of fused-ring (bicyclic) bond motifs is 1. The molecule has 306 valence electrons. The summed E-state index contributed by atoms with van der Waals surface area (Å²) in [6.45, 7) is 3.23. The van der Waals surface area contributed by atoms with E-state index in [1.54, 1.807) is 42.5 Å². The lowest BCUT2D eigenvalue weighted by atomic mass is 9.88. The van der Waals surface area contributed by atoms with Crippen LogP contribution in [0.25, 0.3) is 11.1 Å². The van der Waals surface area contributed by atoms with Gasteiger partial charge in [0.25, 0.3) is 11.8 Å². The molecule has 0 aromatic heterocycles. The SMILES string of the molecule is CCC(=C(c1ccc(O)cc1)c1ccc(OCCNC(=O)CCc2ccc(CCNc3cccc4c3C(=O)N(C3CCC(=O)NC3=O)C4=O)cc2)cc1)c1ccc(O)cc1. The second kappa shape index (κ2) is 18.6. The maximum absolute atomic E-state index is 13.4. The normalized spacial score (nSPS) is 15.3. The third kappa shape index (κ3) is 9.39. The highest BCUT2D eigenvalue weighted by molar-refractivity contribution is 6.25. The van der Waals surface area contributed by atoms with Crippen molar-refractivity contribution in [3.8, 4) is 17.2 Å². The largest absolute Gasteiger partial charge is 0.508 e. The number of aryl methyl sites for hydroxylation is 1. The standard InChI is InChI=1S/C48H46N4O8/c1-2-38(32-11-17-35(53)18-12-32)44(33-13-19-36(54)20-14-33)34-15-21-37(22-16-34)60-29-28-50-42(55)24-10-30-6-8-31(9-7-30)26-27-49-40-5-3-4-39-45(40)48(59)52(47(39)58)41-23-25-43(56)51-46(41)57/h3-9,11-22,41,49,53-54H,2,10,23-29H2,1H3,(H,50,55)(H,51,56,57). The van der Waals surface area contributed by atoms with Crippen LogP contribution in [-0.4, -0.2) is 70.4 Å². The van der Waals surface area contributed by atoms with E-state index < -0.39 is 29.7 Å². The van der Waals surface area contributed by atoms with Crippen molar-refractivity contribution in [3.63, 3.8) is 0 Å². The molecule has 60 heavy (non-hydrogen) atoms. The van der Waals surface area contributed by atoms with E-state index >= 15 is 0 Å². The summed E-state index contributed by atoms with van der Waals surface area (Å²) in [6.07, 6.45) is 2.44. The van der Waals surface area contributed by atoms with Crippen molar-refractivity contribution >= 4 is 46.4 Å². The zero-order valence-corrected chi connectivity index (χ0v) is 33.2. The first-order valence-electron chi connectivity index (χ1n) is 20.1.